The van der Waals surface area contributed by atoms with Crippen LogP contribution >= 0.6 is 0 Å². The van der Waals surface area contributed by atoms with Crippen LogP contribution in [0.25, 0.3) is 0 Å². The van der Waals surface area contributed by atoms with Gasteiger partial charge >= 0.3 is 0 Å². The third-order valence-corrected chi connectivity index (χ3v) is 7.36. The van der Waals surface area contributed by atoms with E-state index in [-0.39, 0.29) is 35.9 Å². The molecule has 1 aliphatic heterocycles. The van der Waals surface area contributed by atoms with Crippen LogP contribution in [0, 0.1) is 23.5 Å². The second kappa shape index (κ2) is 7.34. The summed E-state index contributed by atoms with van der Waals surface area (Å²) in [5.74, 6) is -1.67. The molecule has 1 aliphatic carbocycles. The molecular formula is C18H20F2N4O3S. The molecule has 2 aromatic rings. The van der Waals surface area contributed by atoms with Crippen LogP contribution in [-0.4, -0.2) is 53.0 Å². The Labute approximate surface area is 161 Å². The third kappa shape index (κ3) is 3.59. The number of benzene rings is 1. The van der Waals surface area contributed by atoms with Gasteiger partial charge in [-0.05, 0) is 42.9 Å². The summed E-state index contributed by atoms with van der Waals surface area (Å²) in [6.45, 7) is 0.526. The number of rotatable bonds is 4. The number of sulfonamides is 1. The Morgan fingerprint density at radius 2 is 1.86 bits per heavy atom. The SMILES string of the molecule is O=S(=O)(c1ccc(F)c(F)c1)N1C[C@H]2C[C@@H](Nc3cnccn3)[C@H](O)C[C@H]2C1. The van der Waals surface area contributed by atoms with Crippen LogP contribution in [0.2, 0.25) is 0 Å². The summed E-state index contributed by atoms with van der Waals surface area (Å²) in [6.07, 6.45) is 5.04. The van der Waals surface area contributed by atoms with E-state index in [1.807, 2.05) is 0 Å². The molecule has 150 valence electrons. The quantitative estimate of drug-likeness (QED) is 0.796. The van der Waals surface area contributed by atoms with Gasteiger partial charge in [-0.3, -0.25) is 4.98 Å². The summed E-state index contributed by atoms with van der Waals surface area (Å²) in [4.78, 5) is 7.86. The maximum absolute atomic E-state index is 13.5. The van der Waals surface area contributed by atoms with E-state index in [1.165, 1.54) is 4.31 Å². The third-order valence-electron chi connectivity index (χ3n) is 5.53. The molecule has 0 bridgehead atoms. The lowest BCUT2D eigenvalue weighted by molar-refractivity contribution is 0.0736. The predicted octanol–water partition coefficient (Wildman–Crippen LogP) is 1.63. The minimum atomic E-state index is -3.93. The molecule has 7 nitrogen and oxygen atoms in total. The maximum atomic E-state index is 13.5. The maximum Gasteiger partial charge on any atom is 0.243 e. The van der Waals surface area contributed by atoms with Gasteiger partial charge in [-0.25, -0.2) is 22.2 Å². The number of nitrogens with zero attached hydrogens (tertiary/aromatic N) is 3. The second-order valence-corrected chi connectivity index (χ2v) is 9.24. The summed E-state index contributed by atoms with van der Waals surface area (Å²) in [6, 6.07) is 2.34. The monoisotopic (exact) mass is 410 g/mol. The lowest BCUT2D eigenvalue weighted by Crippen LogP contribution is -2.43. The van der Waals surface area contributed by atoms with E-state index in [0.717, 1.165) is 12.1 Å². The first-order chi connectivity index (χ1) is 13.3. The Hall–Kier alpha value is -2.17. The van der Waals surface area contributed by atoms with Gasteiger partial charge in [0, 0.05) is 25.5 Å². The van der Waals surface area contributed by atoms with Crippen LogP contribution in [0.1, 0.15) is 12.8 Å². The Morgan fingerprint density at radius 3 is 2.54 bits per heavy atom. The number of nitrogens with one attached hydrogen (secondary N) is 1. The van der Waals surface area contributed by atoms with Crippen molar-refractivity contribution in [2.75, 3.05) is 18.4 Å². The fourth-order valence-electron chi connectivity index (χ4n) is 4.09. The predicted molar refractivity (Wildman–Crippen MR) is 96.8 cm³/mol. The van der Waals surface area contributed by atoms with Crippen LogP contribution in [0.5, 0.6) is 0 Å². The van der Waals surface area contributed by atoms with E-state index in [0.29, 0.717) is 24.7 Å². The van der Waals surface area contributed by atoms with E-state index in [9.17, 15) is 22.3 Å². The van der Waals surface area contributed by atoms with Crippen LogP contribution in [0.3, 0.4) is 0 Å². The topological polar surface area (TPSA) is 95.4 Å². The molecule has 4 atom stereocenters. The van der Waals surface area contributed by atoms with Gasteiger partial charge in [-0.1, -0.05) is 0 Å². The standard InChI is InChI=1S/C18H20F2N4O3S/c19-14-2-1-13(7-15(14)20)28(26,27)24-9-11-5-16(17(25)6-12(11)10-24)23-18-8-21-3-4-22-18/h1-4,7-8,11-12,16-17,25H,5-6,9-10H2,(H,22,23)/t11-,12+,16-,17-/m1/s1. The number of hydrogen-bond donors (Lipinski definition) is 2. The number of hydrogen-bond acceptors (Lipinski definition) is 6. The van der Waals surface area contributed by atoms with Crippen LogP contribution in [0.4, 0.5) is 14.6 Å². The van der Waals surface area contributed by atoms with Gasteiger partial charge in [0.25, 0.3) is 0 Å². The van der Waals surface area contributed by atoms with E-state index < -0.39 is 27.8 Å². The highest BCUT2D eigenvalue weighted by atomic mass is 32.2. The minimum absolute atomic E-state index is 0.00924. The van der Waals surface area contributed by atoms with Crippen LogP contribution < -0.4 is 5.32 Å². The normalized spacial score (nSPS) is 28.1. The zero-order valence-electron chi connectivity index (χ0n) is 14.9. The molecule has 10 heteroatoms. The van der Waals surface area contributed by atoms with Crippen LogP contribution in [-0.2, 0) is 10.0 Å². The molecule has 2 N–H and O–H groups in total. The van der Waals surface area contributed by atoms with Crippen molar-refractivity contribution in [3.05, 3.63) is 48.4 Å². The summed E-state index contributed by atoms with van der Waals surface area (Å²) >= 11 is 0. The average molecular weight is 410 g/mol. The second-order valence-electron chi connectivity index (χ2n) is 7.30. The smallest absolute Gasteiger partial charge is 0.243 e. The van der Waals surface area contributed by atoms with Crippen molar-refractivity contribution in [1.29, 1.82) is 0 Å². The average Bonchev–Trinajstić information content (AvgIpc) is 3.08. The molecule has 28 heavy (non-hydrogen) atoms. The first kappa shape index (κ1) is 19.2. The molecule has 0 spiro atoms. The number of fused-ring (bicyclic) bond motifs is 1. The molecule has 1 aromatic heterocycles. The summed E-state index contributed by atoms with van der Waals surface area (Å²) in [5.41, 5.74) is 0. The molecule has 2 fully saturated rings. The number of anilines is 1. The molecule has 2 heterocycles. The lowest BCUT2D eigenvalue weighted by atomic mass is 9.77. The molecule has 1 saturated carbocycles. The number of aliphatic hydroxyl groups excluding tert-OH is 1. The minimum Gasteiger partial charge on any atom is -0.391 e. The summed E-state index contributed by atoms with van der Waals surface area (Å²) < 4.78 is 53.6. The van der Waals surface area contributed by atoms with E-state index in [4.69, 9.17) is 0 Å². The zero-order chi connectivity index (χ0) is 19.9. The Kier molecular flexibility index (Phi) is 5.02. The van der Waals surface area contributed by atoms with Gasteiger partial charge in [0.05, 0.1) is 23.2 Å². The van der Waals surface area contributed by atoms with Gasteiger partial charge in [-0.2, -0.15) is 4.31 Å². The molecule has 1 aromatic carbocycles. The molecule has 0 unspecified atom stereocenters. The number of halogens is 2. The zero-order valence-corrected chi connectivity index (χ0v) is 15.7. The highest BCUT2D eigenvalue weighted by Gasteiger charge is 2.45. The highest BCUT2D eigenvalue weighted by Crippen LogP contribution is 2.39. The largest absolute Gasteiger partial charge is 0.391 e. The fraction of sp³-hybridized carbons (Fsp3) is 0.444. The molecule has 2 aliphatic rings. The molecule has 4 rings (SSSR count). The molecular weight excluding hydrogens is 390 g/mol. The van der Waals surface area contributed by atoms with Gasteiger partial charge in [0.1, 0.15) is 5.82 Å². The summed E-state index contributed by atoms with van der Waals surface area (Å²) in [5, 5.41) is 13.6. The molecule has 1 saturated heterocycles. The van der Waals surface area contributed by atoms with Crippen molar-refractivity contribution in [2.24, 2.45) is 11.8 Å². The van der Waals surface area contributed by atoms with Crippen molar-refractivity contribution in [3.63, 3.8) is 0 Å². The van der Waals surface area contributed by atoms with E-state index >= 15 is 0 Å². The Balaban J connectivity index is 1.49. The van der Waals surface area contributed by atoms with Crippen molar-refractivity contribution < 1.29 is 22.3 Å². The van der Waals surface area contributed by atoms with Gasteiger partial charge in [0.15, 0.2) is 11.6 Å². The van der Waals surface area contributed by atoms with Crippen molar-refractivity contribution in [1.82, 2.24) is 14.3 Å². The first-order valence-electron chi connectivity index (χ1n) is 9.00. The first-order valence-corrected chi connectivity index (χ1v) is 10.4. The van der Waals surface area contributed by atoms with E-state index in [2.05, 4.69) is 15.3 Å². The fourth-order valence-corrected chi connectivity index (χ4v) is 5.65. The molecule has 0 amide bonds. The Bertz CT molecular complexity index is 961. The number of aliphatic hydroxyl groups is 1. The van der Waals surface area contributed by atoms with Gasteiger partial charge < -0.3 is 10.4 Å². The molecule has 0 radical (unpaired) electrons. The van der Waals surface area contributed by atoms with Crippen molar-refractivity contribution in [2.45, 2.75) is 29.9 Å². The van der Waals surface area contributed by atoms with Gasteiger partial charge in [-0.15, -0.1) is 0 Å². The van der Waals surface area contributed by atoms with Gasteiger partial charge in [0.2, 0.25) is 10.0 Å². The highest BCUT2D eigenvalue weighted by molar-refractivity contribution is 7.89. The van der Waals surface area contributed by atoms with E-state index in [1.54, 1.807) is 18.6 Å². The number of aromatic nitrogens is 2. The Morgan fingerprint density at radius 1 is 1.11 bits per heavy atom. The van der Waals surface area contributed by atoms with Crippen molar-refractivity contribution in [3.8, 4) is 0 Å². The summed E-state index contributed by atoms with van der Waals surface area (Å²) in [7, 11) is -3.93. The van der Waals surface area contributed by atoms with Crippen LogP contribution in [0.15, 0.2) is 41.7 Å². The van der Waals surface area contributed by atoms with Crippen molar-refractivity contribution >= 4 is 15.8 Å². The lowest BCUT2D eigenvalue weighted by Gasteiger charge is -2.35.